The van der Waals surface area contributed by atoms with Gasteiger partial charge in [0.05, 0.1) is 5.02 Å². The van der Waals surface area contributed by atoms with Crippen LogP contribution < -0.4 is 4.90 Å². The van der Waals surface area contributed by atoms with Gasteiger partial charge in [0, 0.05) is 0 Å². The van der Waals surface area contributed by atoms with Crippen molar-refractivity contribution in [1.29, 1.82) is 0 Å². The summed E-state index contributed by atoms with van der Waals surface area (Å²) in [6.45, 7) is 5.01. The summed E-state index contributed by atoms with van der Waals surface area (Å²) in [5, 5.41) is 17.4. The molecule has 1 aromatic heterocycles. The molecule has 0 radical (unpaired) electrons. The normalized spacial score (nSPS) is 13.1. The zero-order valence-electron chi connectivity index (χ0n) is 12.3. The van der Waals surface area contributed by atoms with Crippen LogP contribution in [0.2, 0.25) is 5.02 Å². The molecule has 0 aromatic carbocycles. The number of halogens is 2. The number of hydrogen-bond acceptors (Lipinski definition) is 5. The van der Waals surface area contributed by atoms with E-state index < -0.39 is 39.9 Å². The number of pyridine rings is 1. The fourth-order valence-electron chi connectivity index (χ4n) is 1.24. The van der Waals surface area contributed by atoms with Crippen molar-refractivity contribution in [1.82, 2.24) is 4.98 Å². The molecule has 0 aliphatic heterocycles. The van der Waals surface area contributed by atoms with Crippen LogP contribution in [-0.2, 0) is 11.4 Å². The average Bonchev–Trinajstić information content (AvgIpc) is 2.37. The number of amides is 2. The second-order valence-corrected chi connectivity index (χ2v) is 7.50. The van der Waals surface area contributed by atoms with Crippen LogP contribution in [0.25, 0.3) is 0 Å². The molecule has 126 valence electrons. The Morgan fingerprint density at radius 1 is 1.43 bits per heavy atom. The molecule has 0 fully saturated rings. The molecule has 0 aliphatic rings. The molecule has 0 saturated heterocycles. The van der Waals surface area contributed by atoms with Crippen molar-refractivity contribution < 1.29 is 28.7 Å². The molecule has 0 bridgehead atoms. The van der Waals surface area contributed by atoms with Gasteiger partial charge in [-0.1, -0.05) is 16.0 Å². The molecule has 1 unspecified atom stereocenters. The minimum Gasteiger partial charge on any atom is -0.591 e. The zero-order valence-corrected chi connectivity index (χ0v) is 13.9. The Kier molecular flexibility index (Phi) is 5.92. The lowest BCUT2D eigenvalue weighted by atomic mass is 10.3. The summed E-state index contributed by atoms with van der Waals surface area (Å²) in [6, 6.07) is 0.699. The maximum absolute atomic E-state index is 13.8. The van der Waals surface area contributed by atoms with Gasteiger partial charge in [0.15, 0.2) is 11.6 Å². The first-order valence-corrected chi connectivity index (χ1v) is 7.51. The summed E-state index contributed by atoms with van der Waals surface area (Å²) in [4.78, 5) is 25.1. The van der Waals surface area contributed by atoms with Gasteiger partial charge >= 0.3 is 12.2 Å². The van der Waals surface area contributed by atoms with Crippen LogP contribution in [0.4, 0.5) is 19.8 Å². The Hall–Kier alpha value is -1.91. The molecular weight excluding hydrogens is 353 g/mol. The highest BCUT2D eigenvalue weighted by Crippen LogP contribution is 2.24. The predicted octanol–water partition coefficient (Wildman–Crippen LogP) is 2.92. The van der Waals surface area contributed by atoms with E-state index in [1.807, 2.05) is 0 Å². The van der Waals surface area contributed by atoms with E-state index in [4.69, 9.17) is 21.8 Å². The van der Waals surface area contributed by atoms with Crippen molar-refractivity contribution in [3.63, 3.8) is 0 Å². The van der Waals surface area contributed by atoms with Crippen molar-refractivity contribution in [3.05, 3.63) is 22.6 Å². The Balaban J connectivity index is 3.32. The predicted molar refractivity (Wildman–Crippen MR) is 83.2 cm³/mol. The first kappa shape index (κ1) is 19.1. The molecule has 1 heterocycles. The molecule has 8 nitrogen and oxygen atoms in total. The molecule has 0 spiro atoms. The third-order valence-electron chi connectivity index (χ3n) is 2.33. The van der Waals surface area contributed by atoms with Gasteiger partial charge in [-0.2, -0.15) is 4.90 Å². The number of nitrogens with zero attached hydrogens (tertiary/aromatic N) is 3. The van der Waals surface area contributed by atoms with Crippen molar-refractivity contribution in [3.8, 4) is 0 Å². The van der Waals surface area contributed by atoms with Crippen LogP contribution in [0, 0.1) is 5.82 Å². The van der Waals surface area contributed by atoms with Gasteiger partial charge in [-0.3, -0.25) is 0 Å². The number of carbonyl (C=O) groups is 2. The summed E-state index contributed by atoms with van der Waals surface area (Å²) < 4.78 is 28.6. The second kappa shape index (κ2) is 7.11. The van der Waals surface area contributed by atoms with Crippen LogP contribution in [0.3, 0.4) is 0 Å². The fraction of sp³-hybridized carbons (Fsp3) is 0.333. The Labute approximate surface area is 138 Å². The lowest BCUT2D eigenvalue weighted by Crippen LogP contribution is -2.36. The smallest absolute Gasteiger partial charge is 0.422 e. The summed E-state index contributed by atoms with van der Waals surface area (Å²) in [6.07, 6.45) is -2.91. The number of aromatic nitrogens is 1. The Morgan fingerprint density at radius 2 is 1.96 bits per heavy atom. The third-order valence-corrected chi connectivity index (χ3v) is 3.97. The lowest BCUT2D eigenvalue weighted by Gasteiger charge is -2.18. The quantitative estimate of drug-likeness (QED) is 0.626. The van der Waals surface area contributed by atoms with Crippen LogP contribution in [0.5, 0.6) is 0 Å². The molecule has 23 heavy (non-hydrogen) atoms. The maximum atomic E-state index is 13.8. The van der Waals surface area contributed by atoms with Gasteiger partial charge in [-0.15, -0.1) is 0 Å². The topological polar surface area (TPSA) is 126 Å². The van der Waals surface area contributed by atoms with Crippen LogP contribution in [0.1, 0.15) is 26.5 Å². The first-order chi connectivity index (χ1) is 10.4. The van der Waals surface area contributed by atoms with E-state index in [9.17, 15) is 18.5 Å². The van der Waals surface area contributed by atoms with Gasteiger partial charge in [-0.25, -0.2) is 19.0 Å². The first-order valence-electron chi connectivity index (χ1n) is 6.03. The monoisotopic (exact) mass is 365 g/mol. The van der Waals surface area contributed by atoms with Crippen molar-refractivity contribution >= 4 is 47.2 Å². The number of rotatable bonds is 3. The SMILES string of the molecule is CC(C)(C)[S+]([O-])N=Cc1nc(N(C(=O)O)C(=O)O)c(F)cc1Cl. The summed E-state index contributed by atoms with van der Waals surface area (Å²) >= 11 is 4.10. The summed E-state index contributed by atoms with van der Waals surface area (Å²) in [5.74, 6) is -2.22. The molecule has 1 aromatic rings. The molecule has 0 saturated carbocycles. The van der Waals surface area contributed by atoms with E-state index in [-0.39, 0.29) is 15.6 Å². The maximum Gasteiger partial charge on any atom is 0.422 e. The van der Waals surface area contributed by atoms with Gasteiger partial charge < -0.3 is 14.8 Å². The molecule has 11 heteroatoms. The standard InChI is InChI=1S/C12H13ClFN3O5S/c1-12(2,3)23(22)15-5-8-6(13)4-7(14)9(16-8)17(10(18)19)11(20)21/h4-5H,1-3H3,(H,18,19)(H,20,21). The van der Waals surface area contributed by atoms with Crippen LogP contribution in [-0.4, -0.2) is 42.9 Å². The number of carboxylic acid groups (broad SMARTS) is 2. The van der Waals surface area contributed by atoms with Crippen LogP contribution in [0.15, 0.2) is 10.5 Å². The van der Waals surface area contributed by atoms with Crippen LogP contribution >= 0.6 is 11.6 Å². The van der Waals surface area contributed by atoms with Gasteiger partial charge in [0.2, 0.25) is 0 Å². The lowest BCUT2D eigenvalue weighted by molar-refractivity contribution is 0.183. The van der Waals surface area contributed by atoms with E-state index in [2.05, 4.69) is 9.38 Å². The van der Waals surface area contributed by atoms with Gasteiger partial charge in [0.25, 0.3) is 0 Å². The van der Waals surface area contributed by atoms with Crippen molar-refractivity contribution in [2.24, 2.45) is 4.40 Å². The Morgan fingerprint density at radius 3 is 2.39 bits per heavy atom. The zero-order chi connectivity index (χ0) is 17.9. The number of imide groups is 1. The fourth-order valence-corrected chi connectivity index (χ4v) is 1.94. The number of hydrogen-bond donors (Lipinski definition) is 2. The molecule has 1 rings (SSSR count). The molecule has 0 aliphatic carbocycles. The number of anilines is 1. The highest BCUT2D eigenvalue weighted by Gasteiger charge is 2.29. The summed E-state index contributed by atoms with van der Waals surface area (Å²) in [5.41, 5.74) is -0.215. The van der Waals surface area contributed by atoms with E-state index >= 15 is 0 Å². The summed E-state index contributed by atoms with van der Waals surface area (Å²) in [7, 11) is 0. The highest BCUT2D eigenvalue weighted by atomic mass is 35.5. The van der Waals surface area contributed by atoms with E-state index in [0.29, 0.717) is 6.07 Å². The largest absolute Gasteiger partial charge is 0.591 e. The van der Waals surface area contributed by atoms with E-state index in [1.54, 1.807) is 20.8 Å². The van der Waals surface area contributed by atoms with Crippen molar-refractivity contribution in [2.45, 2.75) is 25.5 Å². The third kappa shape index (κ3) is 4.78. The molecule has 2 N–H and O–H groups in total. The molecule has 2 amide bonds. The van der Waals surface area contributed by atoms with E-state index in [0.717, 1.165) is 6.21 Å². The second-order valence-electron chi connectivity index (χ2n) is 5.16. The molecule has 1 atom stereocenters. The minimum atomic E-state index is -1.94. The Bertz CT molecular complexity index is 651. The van der Waals surface area contributed by atoms with Crippen molar-refractivity contribution in [2.75, 3.05) is 4.90 Å². The highest BCUT2D eigenvalue weighted by molar-refractivity contribution is 7.91. The molecular formula is C12H13ClFN3O5S. The van der Waals surface area contributed by atoms with Gasteiger partial charge in [-0.05, 0) is 26.8 Å². The average molecular weight is 366 g/mol. The van der Waals surface area contributed by atoms with Gasteiger partial charge in [0.1, 0.15) is 28.0 Å². The minimum absolute atomic E-state index is 0.215. The van der Waals surface area contributed by atoms with E-state index in [1.165, 1.54) is 0 Å².